The second-order valence-corrected chi connectivity index (χ2v) is 8.24. The van der Waals surface area contributed by atoms with E-state index >= 15 is 0 Å². The number of halogens is 2. The molecule has 0 bridgehead atoms. The molecule has 0 spiro atoms. The van der Waals surface area contributed by atoms with Crippen LogP contribution in [0.5, 0.6) is 0 Å². The molecular weight excluding hydrogens is 402 g/mol. The van der Waals surface area contributed by atoms with E-state index in [2.05, 4.69) is 4.72 Å². The third kappa shape index (κ3) is 6.23. The Morgan fingerprint density at radius 3 is 2.55 bits per heavy atom. The molecule has 0 fully saturated rings. The first-order valence-electron chi connectivity index (χ1n) is 8.90. The number of carbonyl (C=O) groups excluding carboxylic acids is 1. The third-order valence-electron chi connectivity index (χ3n) is 4.21. The largest absolute Gasteiger partial charge is 0.383 e. The van der Waals surface area contributed by atoms with Gasteiger partial charge in [-0.05, 0) is 49.2 Å². The van der Waals surface area contributed by atoms with Crippen molar-refractivity contribution < 1.29 is 26.7 Å². The molecule has 0 heterocycles. The molecule has 0 radical (unpaired) electrons. The van der Waals surface area contributed by atoms with Crippen LogP contribution in [0.3, 0.4) is 0 Å². The summed E-state index contributed by atoms with van der Waals surface area (Å²) in [6.45, 7) is 2.84. The van der Waals surface area contributed by atoms with Gasteiger partial charge < -0.3 is 9.64 Å². The first-order chi connectivity index (χ1) is 13.6. The Balaban J connectivity index is 2.28. The van der Waals surface area contributed by atoms with Gasteiger partial charge >= 0.3 is 0 Å². The van der Waals surface area contributed by atoms with Gasteiger partial charge in [-0.3, -0.25) is 9.52 Å². The fourth-order valence-electron chi connectivity index (χ4n) is 2.75. The van der Waals surface area contributed by atoms with Gasteiger partial charge in [-0.2, -0.15) is 0 Å². The van der Waals surface area contributed by atoms with Gasteiger partial charge in [-0.25, -0.2) is 17.2 Å². The van der Waals surface area contributed by atoms with Crippen LogP contribution in [0.4, 0.5) is 14.5 Å². The van der Waals surface area contributed by atoms with Crippen molar-refractivity contribution >= 4 is 21.6 Å². The van der Waals surface area contributed by atoms with Crippen LogP contribution < -0.4 is 4.72 Å². The van der Waals surface area contributed by atoms with Crippen LogP contribution in [0.2, 0.25) is 0 Å². The van der Waals surface area contributed by atoms with Crippen molar-refractivity contribution in [2.75, 3.05) is 31.5 Å². The van der Waals surface area contributed by atoms with E-state index in [1.165, 1.54) is 31.4 Å². The fourth-order valence-corrected chi connectivity index (χ4v) is 4.13. The summed E-state index contributed by atoms with van der Waals surface area (Å²) < 4.78 is 58.5. The Morgan fingerprint density at radius 1 is 1.17 bits per heavy atom. The lowest BCUT2D eigenvalue weighted by Crippen LogP contribution is -2.37. The number of aryl methyl sites for hydroxylation is 2. The molecule has 29 heavy (non-hydrogen) atoms. The molecule has 9 heteroatoms. The van der Waals surface area contributed by atoms with Crippen LogP contribution in [-0.4, -0.2) is 52.5 Å². The number of alkyl halides is 2. The molecule has 0 aromatic heterocycles. The van der Waals surface area contributed by atoms with Crippen LogP contribution in [0.1, 0.15) is 21.5 Å². The van der Waals surface area contributed by atoms with E-state index in [4.69, 9.17) is 4.74 Å². The maximum Gasteiger partial charge on any atom is 0.262 e. The number of nitrogens with one attached hydrogen (secondary N) is 1. The number of anilines is 1. The molecule has 6 nitrogen and oxygen atoms in total. The summed E-state index contributed by atoms with van der Waals surface area (Å²) in [5.41, 5.74) is 1.64. The molecule has 2 rings (SSSR count). The number of hydrogen-bond acceptors (Lipinski definition) is 4. The molecule has 2 aromatic rings. The Bertz CT molecular complexity index is 965. The Kier molecular flexibility index (Phi) is 7.69. The molecule has 0 aliphatic rings. The Labute approximate surface area is 169 Å². The fraction of sp³-hybridized carbons (Fsp3) is 0.350. The van der Waals surface area contributed by atoms with Gasteiger partial charge in [-0.15, -0.1) is 0 Å². The number of rotatable bonds is 9. The average Bonchev–Trinajstić information content (AvgIpc) is 2.66. The van der Waals surface area contributed by atoms with Crippen molar-refractivity contribution in [3.63, 3.8) is 0 Å². The van der Waals surface area contributed by atoms with Crippen molar-refractivity contribution in [2.24, 2.45) is 0 Å². The van der Waals surface area contributed by atoms with Gasteiger partial charge in [0.05, 0.1) is 18.0 Å². The molecular formula is C20H24F2N2O4S. The zero-order valence-electron chi connectivity index (χ0n) is 16.5. The highest BCUT2D eigenvalue weighted by Gasteiger charge is 2.21. The molecule has 0 aliphatic heterocycles. The van der Waals surface area contributed by atoms with Gasteiger partial charge in [0.2, 0.25) is 0 Å². The number of carbonyl (C=O) groups is 1. The molecule has 1 amide bonds. The summed E-state index contributed by atoms with van der Waals surface area (Å²) in [6, 6.07) is 10.8. The van der Waals surface area contributed by atoms with E-state index in [-0.39, 0.29) is 29.3 Å². The predicted molar refractivity (Wildman–Crippen MR) is 107 cm³/mol. The number of methoxy groups -OCH3 is 1. The summed E-state index contributed by atoms with van der Waals surface area (Å²) in [6.07, 6.45) is -2.69. The minimum absolute atomic E-state index is 0.00187. The standard InChI is InChI=1S/C20H24F2N2O4S/c1-14-7-8-15(2)18(11-14)29(26,27)23-17-6-4-5-16(12-17)20(25)24(9-10-28-3)13-19(21)22/h4-8,11-12,19,23H,9-10,13H2,1-3H3. The molecule has 0 saturated heterocycles. The van der Waals surface area contributed by atoms with Crippen molar-refractivity contribution in [1.82, 2.24) is 4.90 Å². The summed E-state index contributed by atoms with van der Waals surface area (Å²) in [5.74, 6) is -0.630. The van der Waals surface area contributed by atoms with Gasteiger partial charge in [0.1, 0.15) is 0 Å². The molecule has 0 saturated carbocycles. The molecule has 0 aliphatic carbocycles. The summed E-state index contributed by atoms with van der Waals surface area (Å²) in [4.78, 5) is 13.7. The average molecular weight is 426 g/mol. The Morgan fingerprint density at radius 2 is 1.90 bits per heavy atom. The SMILES string of the molecule is COCCN(CC(F)F)C(=O)c1cccc(NS(=O)(=O)c2cc(C)ccc2C)c1. The first-order valence-corrected chi connectivity index (χ1v) is 10.4. The van der Waals surface area contributed by atoms with Crippen LogP contribution >= 0.6 is 0 Å². The molecule has 158 valence electrons. The lowest BCUT2D eigenvalue weighted by atomic mass is 10.1. The maximum absolute atomic E-state index is 12.8. The van der Waals surface area contributed by atoms with Crippen LogP contribution in [-0.2, 0) is 14.8 Å². The van der Waals surface area contributed by atoms with Gasteiger partial charge in [0.25, 0.3) is 22.4 Å². The summed E-state index contributed by atoms with van der Waals surface area (Å²) in [5, 5.41) is 0. The van der Waals surface area contributed by atoms with Crippen molar-refractivity contribution in [3.8, 4) is 0 Å². The highest BCUT2D eigenvalue weighted by molar-refractivity contribution is 7.92. The zero-order valence-corrected chi connectivity index (χ0v) is 17.3. The van der Waals surface area contributed by atoms with Crippen molar-refractivity contribution in [3.05, 3.63) is 59.2 Å². The topological polar surface area (TPSA) is 75.7 Å². The zero-order chi connectivity index (χ0) is 21.6. The van der Waals surface area contributed by atoms with E-state index in [1.54, 1.807) is 26.0 Å². The monoisotopic (exact) mass is 426 g/mol. The third-order valence-corrected chi connectivity index (χ3v) is 5.73. The smallest absolute Gasteiger partial charge is 0.262 e. The second kappa shape index (κ2) is 9.80. The van der Waals surface area contributed by atoms with Gasteiger partial charge in [-0.1, -0.05) is 18.2 Å². The predicted octanol–water partition coefficient (Wildman–Crippen LogP) is 3.46. The van der Waals surface area contributed by atoms with Crippen LogP contribution in [0.25, 0.3) is 0 Å². The number of benzene rings is 2. The highest BCUT2D eigenvalue weighted by Crippen LogP contribution is 2.22. The number of amides is 1. The van der Waals surface area contributed by atoms with E-state index in [1.807, 2.05) is 6.07 Å². The number of sulfonamides is 1. The molecule has 2 aromatic carbocycles. The minimum atomic E-state index is -3.88. The molecule has 1 N–H and O–H groups in total. The highest BCUT2D eigenvalue weighted by atomic mass is 32.2. The van der Waals surface area contributed by atoms with Gasteiger partial charge in [0.15, 0.2) is 0 Å². The lowest BCUT2D eigenvalue weighted by molar-refractivity contribution is 0.0478. The first kappa shape index (κ1) is 22.8. The van der Waals surface area contributed by atoms with Crippen LogP contribution in [0, 0.1) is 13.8 Å². The Hall–Kier alpha value is -2.52. The summed E-state index contributed by atoms with van der Waals surface area (Å²) in [7, 11) is -2.47. The maximum atomic E-state index is 12.8. The van der Waals surface area contributed by atoms with E-state index in [0.717, 1.165) is 10.5 Å². The van der Waals surface area contributed by atoms with Crippen LogP contribution in [0.15, 0.2) is 47.4 Å². The number of ether oxygens (including phenoxy) is 1. The van der Waals surface area contributed by atoms with E-state index < -0.39 is 28.9 Å². The quantitative estimate of drug-likeness (QED) is 0.666. The van der Waals surface area contributed by atoms with Crippen molar-refractivity contribution in [1.29, 1.82) is 0 Å². The van der Waals surface area contributed by atoms with E-state index in [9.17, 15) is 22.0 Å². The normalized spacial score (nSPS) is 11.5. The van der Waals surface area contributed by atoms with Crippen molar-refractivity contribution in [2.45, 2.75) is 25.2 Å². The lowest BCUT2D eigenvalue weighted by Gasteiger charge is -2.22. The second-order valence-electron chi connectivity index (χ2n) is 6.59. The van der Waals surface area contributed by atoms with Gasteiger partial charge in [0, 0.05) is 24.9 Å². The summed E-state index contributed by atoms with van der Waals surface area (Å²) >= 11 is 0. The number of nitrogens with zero attached hydrogens (tertiary/aromatic N) is 1. The molecule has 0 atom stereocenters. The minimum Gasteiger partial charge on any atom is -0.383 e. The van der Waals surface area contributed by atoms with E-state index in [0.29, 0.717) is 5.56 Å². The molecule has 0 unspecified atom stereocenters. The number of hydrogen-bond donors (Lipinski definition) is 1.